The molecule has 1 aromatic carbocycles. The van der Waals surface area contributed by atoms with Gasteiger partial charge < -0.3 is 10.6 Å². The van der Waals surface area contributed by atoms with Crippen molar-refractivity contribution in [1.29, 1.82) is 0 Å². The predicted molar refractivity (Wildman–Crippen MR) is 82.0 cm³/mol. The van der Waals surface area contributed by atoms with Gasteiger partial charge in [0, 0.05) is 13.1 Å². The first-order chi connectivity index (χ1) is 9.67. The van der Waals surface area contributed by atoms with Crippen LogP contribution in [0.5, 0.6) is 0 Å². The highest BCUT2D eigenvalue weighted by atomic mass is 15.2. The number of anilines is 2. The van der Waals surface area contributed by atoms with Gasteiger partial charge in [-0.25, -0.2) is 9.97 Å². The average molecular weight is 271 g/mol. The second-order valence-corrected chi connectivity index (χ2v) is 4.96. The molecule has 0 fully saturated rings. The zero-order chi connectivity index (χ0) is 14.4. The van der Waals surface area contributed by atoms with E-state index in [1.807, 2.05) is 0 Å². The number of aromatic nitrogens is 3. The number of hydrogen-bond acceptors (Lipinski definition) is 5. The maximum atomic E-state index is 4.26. The quantitative estimate of drug-likeness (QED) is 0.845. The van der Waals surface area contributed by atoms with E-state index in [9.17, 15) is 0 Å². The van der Waals surface area contributed by atoms with E-state index >= 15 is 0 Å². The Morgan fingerprint density at radius 1 is 1.20 bits per heavy atom. The Bertz CT molecular complexity index is 555. The van der Waals surface area contributed by atoms with E-state index in [0.717, 1.165) is 12.8 Å². The molecule has 5 heteroatoms. The van der Waals surface area contributed by atoms with Gasteiger partial charge in [-0.3, -0.25) is 0 Å². The number of benzene rings is 1. The lowest BCUT2D eigenvalue weighted by Gasteiger charge is -2.14. The first-order valence-electron chi connectivity index (χ1n) is 6.86. The van der Waals surface area contributed by atoms with Crippen LogP contribution in [0.3, 0.4) is 0 Å². The van der Waals surface area contributed by atoms with Crippen LogP contribution in [-0.2, 0) is 6.42 Å². The highest BCUT2D eigenvalue weighted by Gasteiger charge is 2.05. The van der Waals surface area contributed by atoms with Gasteiger partial charge in [-0.1, -0.05) is 29.8 Å². The Labute approximate surface area is 119 Å². The Morgan fingerprint density at radius 2 is 2.00 bits per heavy atom. The van der Waals surface area contributed by atoms with Gasteiger partial charge in [0.1, 0.15) is 6.33 Å². The molecule has 2 aromatic rings. The van der Waals surface area contributed by atoms with Crippen molar-refractivity contribution < 1.29 is 0 Å². The molecule has 1 aromatic heterocycles. The summed E-state index contributed by atoms with van der Waals surface area (Å²) >= 11 is 0. The van der Waals surface area contributed by atoms with Crippen LogP contribution >= 0.6 is 0 Å². The summed E-state index contributed by atoms with van der Waals surface area (Å²) in [6.45, 7) is 4.26. The van der Waals surface area contributed by atoms with Crippen LogP contribution in [0.15, 0.2) is 30.6 Å². The van der Waals surface area contributed by atoms with Crippen molar-refractivity contribution in [2.75, 3.05) is 17.7 Å². The highest BCUT2D eigenvalue weighted by Crippen LogP contribution is 2.10. The molecule has 1 atom stereocenters. The first kappa shape index (κ1) is 14.2. The van der Waals surface area contributed by atoms with Gasteiger partial charge in [-0.15, -0.1) is 0 Å². The van der Waals surface area contributed by atoms with E-state index in [-0.39, 0.29) is 0 Å². The first-order valence-corrected chi connectivity index (χ1v) is 6.86. The highest BCUT2D eigenvalue weighted by molar-refractivity contribution is 5.32. The standard InChI is InChI=1S/C15H21N5/c1-11-5-4-6-13(9-11)8-7-12(2)19-15-18-10-17-14(16-3)20-15/h4-6,9-10,12H,7-8H2,1-3H3,(H2,16,17,18,19,20). The fraction of sp³-hybridized carbons (Fsp3) is 0.400. The molecule has 20 heavy (non-hydrogen) atoms. The third-order valence-corrected chi connectivity index (χ3v) is 3.12. The van der Waals surface area contributed by atoms with Crippen LogP contribution in [0.4, 0.5) is 11.9 Å². The molecule has 0 saturated carbocycles. The molecule has 1 heterocycles. The minimum Gasteiger partial charge on any atom is -0.357 e. The fourth-order valence-corrected chi connectivity index (χ4v) is 2.03. The largest absolute Gasteiger partial charge is 0.357 e. The maximum Gasteiger partial charge on any atom is 0.227 e. The van der Waals surface area contributed by atoms with E-state index < -0.39 is 0 Å². The molecule has 0 aliphatic carbocycles. The number of hydrogen-bond donors (Lipinski definition) is 2. The normalized spacial score (nSPS) is 11.9. The summed E-state index contributed by atoms with van der Waals surface area (Å²) in [5.41, 5.74) is 2.67. The lowest BCUT2D eigenvalue weighted by Crippen LogP contribution is -2.18. The number of nitrogens with one attached hydrogen (secondary N) is 2. The molecular formula is C15H21N5. The monoisotopic (exact) mass is 271 g/mol. The Kier molecular flexibility index (Phi) is 4.87. The van der Waals surface area contributed by atoms with Gasteiger partial charge >= 0.3 is 0 Å². The van der Waals surface area contributed by atoms with E-state index in [2.05, 4.69) is 63.7 Å². The van der Waals surface area contributed by atoms with Crippen molar-refractivity contribution in [3.05, 3.63) is 41.7 Å². The summed E-state index contributed by atoms with van der Waals surface area (Å²) in [6, 6.07) is 8.93. The Hall–Kier alpha value is -2.17. The molecule has 0 saturated heterocycles. The molecule has 0 amide bonds. The van der Waals surface area contributed by atoms with E-state index in [1.54, 1.807) is 7.05 Å². The summed E-state index contributed by atoms with van der Waals surface area (Å²) in [6.07, 6.45) is 3.58. The van der Waals surface area contributed by atoms with Crippen LogP contribution in [0.25, 0.3) is 0 Å². The molecular weight excluding hydrogens is 250 g/mol. The third-order valence-electron chi connectivity index (χ3n) is 3.12. The van der Waals surface area contributed by atoms with Crippen molar-refractivity contribution >= 4 is 11.9 Å². The van der Waals surface area contributed by atoms with E-state index in [0.29, 0.717) is 17.9 Å². The van der Waals surface area contributed by atoms with E-state index in [1.165, 1.54) is 17.5 Å². The Morgan fingerprint density at radius 3 is 2.75 bits per heavy atom. The van der Waals surface area contributed by atoms with Gasteiger partial charge in [0.05, 0.1) is 0 Å². The van der Waals surface area contributed by atoms with Crippen molar-refractivity contribution in [3.63, 3.8) is 0 Å². The summed E-state index contributed by atoms with van der Waals surface area (Å²) in [4.78, 5) is 12.4. The zero-order valence-electron chi connectivity index (χ0n) is 12.2. The van der Waals surface area contributed by atoms with E-state index in [4.69, 9.17) is 0 Å². The molecule has 0 bridgehead atoms. The zero-order valence-corrected chi connectivity index (χ0v) is 12.2. The minimum atomic E-state index is 0.308. The maximum absolute atomic E-state index is 4.26. The van der Waals surface area contributed by atoms with Crippen LogP contribution in [-0.4, -0.2) is 28.0 Å². The SMILES string of the molecule is CNc1ncnc(NC(C)CCc2cccc(C)c2)n1. The lowest BCUT2D eigenvalue weighted by molar-refractivity contribution is 0.697. The molecule has 0 radical (unpaired) electrons. The number of nitrogens with zero attached hydrogens (tertiary/aromatic N) is 3. The van der Waals surface area contributed by atoms with Crippen molar-refractivity contribution in [3.8, 4) is 0 Å². The molecule has 0 aliphatic rings. The molecule has 2 rings (SSSR count). The summed E-state index contributed by atoms with van der Waals surface area (Å²) in [5, 5.41) is 6.20. The average Bonchev–Trinajstić information content (AvgIpc) is 2.45. The predicted octanol–water partition coefficient (Wildman–Crippen LogP) is 2.65. The van der Waals surface area contributed by atoms with Crippen molar-refractivity contribution in [2.24, 2.45) is 0 Å². The number of aryl methyl sites for hydroxylation is 2. The van der Waals surface area contributed by atoms with Crippen LogP contribution in [0.2, 0.25) is 0 Å². The van der Waals surface area contributed by atoms with Crippen LogP contribution < -0.4 is 10.6 Å². The van der Waals surface area contributed by atoms with Crippen LogP contribution in [0, 0.1) is 6.92 Å². The Balaban J connectivity index is 1.87. The fourth-order valence-electron chi connectivity index (χ4n) is 2.03. The van der Waals surface area contributed by atoms with Crippen LogP contribution in [0.1, 0.15) is 24.5 Å². The topological polar surface area (TPSA) is 62.7 Å². The number of rotatable bonds is 6. The van der Waals surface area contributed by atoms with Gasteiger partial charge in [-0.05, 0) is 32.3 Å². The smallest absolute Gasteiger partial charge is 0.227 e. The molecule has 106 valence electrons. The summed E-state index contributed by atoms with van der Waals surface area (Å²) in [7, 11) is 1.79. The second kappa shape index (κ2) is 6.84. The van der Waals surface area contributed by atoms with Gasteiger partial charge in [0.15, 0.2) is 0 Å². The van der Waals surface area contributed by atoms with Crippen molar-refractivity contribution in [1.82, 2.24) is 15.0 Å². The minimum absolute atomic E-state index is 0.308. The van der Waals surface area contributed by atoms with Gasteiger partial charge in [0.2, 0.25) is 11.9 Å². The molecule has 2 N–H and O–H groups in total. The lowest BCUT2D eigenvalue weighted by atomic mass is 10.0. The molecule has 1 unspecified atom stereocenters. The molecule has 0 spiro atoms. The summed E-state index contributed by atoms with van der Waals surface area (Å²) < 4.78 is 0. The summed E-state index contributed by atoms with van der Waals surface area (Å²) in [5.74, 6) is 1.19. The van der Waals surface area contributed by atoms with Crippen molar-refractivity contribution in [2.45, 2.75) is 32.7 Å². The van der Waals surface area contributed by atoms with Gasteiger partial charge in [0.25, 0.3) is 0 Å². The third kappa shape index (κ3) is 4.19. The second-order valence-electron chi connectivity index (χ2n) is 4.96. The molecule has 5 nitrogen and oxygen atoms in total. The molecule has 0 aliphatic heterocycles. The van der Waals surface area contributed by atoms with Gasteiger partial charge in [-0.2, -0.15) is 4.98 Å².